The molecule has 0 aromatic carbocycles. The summed E-state index contributed by atoms with van der Waals surface area (Å²) in [7, 11) is 1.84. The van der Waals surface area contributed by atoms with Gasteiger partial charge in [-0.3, -0.25) is 0 Å². The van der Waals surface area contributed by atoms with Crippen LogP contribution in [-0.4, -0.2) is 32.3 Å². The topological polar surface area (TPSA) is 79.5 Å². The highest BCUT2D eigenvalue weighted by Gasteiger charge is 2.44. The molecule has 34 heavy (non-hydrogen) atoms. The van der Waals surface area contributed by atoms with Gasteiger partial charge in [-0.15, -0.1) is 5.10 Å². The average molecular weight is 456 g/mol. The van der Waals surface area contributed by atoms with Gasteiger partial charge < -0.3 is 10.6 Å². The number of anilines is 1. The Morgan fingerprint density at radius 2 is 2.03 bits per heavy atom. The van der Waals surface area contributed by atoms with Gasteiger partial charge in [0.05, 0.1) is 17.4 Å². The SMILES string of the molecule is C=C/C(=C\NC)Nc1ncc2c(-c3cnc4c(c3)C(C)(C3CCC=CCC3)C(C)=N4)ccn2n1.[HH]. The highest BCUT2D eigenvalue weighted by atomic mass is 15.3. The second-order valence-corrected chi connectivity index (χ2v) is 9.18. The third kappa shape index (κ3) is 3.71. The van der Waals surface area contributed by atoms with E-state index in [1.165, 1.54) is 24.1 Å². The van der Waals surface area contributed by atoms with E-state index in [0.29, 0.717) is 11.9 Å². The summed E-state index contributed by atoms with van der Waals surface area (Å²) in [4.78, 5) is 14.2. The van der Waals surface area contributed by atoms with Crippen LogP contribution in [0.1, 0.15) is 46.5 Å². The number of pyridine rings is 1. The molecule has 3 aromatic heterocycles. The van der Waals surface area contributed by atoms with Crippen molar-refractivity contribution in [2.45, 2.75) is 44.9 Å². The first-order chi connectivity index (χ1) is 16.5. The van der Waals surface area contributed by atoms with Crippen LogP contribution >= 0.6 is 0 Å². The van der Waals surface area contributed by atoms with Crippen LogP contribution < -0.4 is 10.6 Å². The fraction of sp³-hybridized carbons (Fsp3) is 0.333. The van der Waals surface area contributed by atoms with Crippen LogP contribution in [0.25, 0.3) is 16.6 Å². The monoisotopic (exact) mass is 455 g/mol. The minimum absolute atomic E-state index is 0. The van der Waals surface area contributed by atoms with Crippen molar-refractivity contribution < 1.29 is 1.43 Å². The van der Waals surface area contributed by atoms with Crippen LogP contribution in [0.3, 0.4) is 0 Å². The Morgan fingerprint density at radius 3 is 2.76 bits per heavy atom. The number of aromatic nitrogens is 4. The molecule has 0 amide bonds. The summed E-state index contributed by atoms with van der Waals surface area (Å²) in [5.41, 5.74) is 6.17. The molecule has 5 rings (SSSR count). The van der Waals surface area contributed by atoms with E-state index in [0.717, 1.165) is 41.0 Å². The standard InChI is InChI=1S/C27H31N7.H2/c1-5-21(16-28-4)32-26-30-17-24-22(12-13-34(24)33-26)19-14-23-25(29-15-19)31-18(2)27(23,3)20-10-8-6-7-9-11-20;/h5-7,12-17,20,28H,1,8-11H2,2-4H3,(H,32,33);1H/b21-16+;. The summed E-state index contributed by atoms with van der Waals surface area (Å²) in [6, 6.07) is 4.36. The molecule has 0 saturated heterocycles. The van der Waals surface area contributed by atoms with Gasteiger partial charge >= 0.3 is 0 Å². The quantitative estimate of drug-likeness (QED) is 0.362. The molecule has 1 unspecified atom stereocenters. The zero-order chi connectivity index (χ0) is 23.7. The molecule has 0 bridgehead atoms. The molecule has 2 aliphatic rings. The second kappa shape index (κ2) is 8.89. The minimum atomic E-state index is -0.0891. The lowest BCUT2D eigenvalue weighted by Crippen LogP contribution is -2.36. The number of nitrogens with zero attached hydrogens (tertiary/aromatic N) is 5. The van der Waals surface area contributed by atoms with Crippen LogP contribution in [0.2, 0.25) is 0 Å². The highest BCUT2D eigenvalue weighted by molar-refractivity contribution is 6.00. The summed E-state index contributed by atoms with van der Waals surface area (Å²) in [6.45, 7) is 8.33. The van der Waals surface area contributed by atoms with Crippen molar-refractivity contribution in [3.63, 3.8) is 0 Å². The summed E-state index contributed by atoms with van der Waals surface area (Å²) in [5, 5.41) is 10.8. The molecule has 3 aromatic rings. The average Bonchev–Trinajstić information content (AvgIpc) is 3.22. The third-order valence-corrected chi connectivity index (χ3v) is 7.30. The van der Waals surface area contributed by atoms with Crippen molar-refractivity contribution in [2.24, 2.45) is 10.9 Å². The summed E-state index contributed by atoms with van der Waals surface area (Å²) < 4.78 is 1.84. The molecular formula is C27H33N7. The fourth-order valence-corrected chi connectivity index (χ4v) is 5.25. The molecule has 7 heteroatoms. The van der Waals surface area contributed by atoms with Gasteiger partial charge in [0.25, 0.3) is 0 Å². The molecular weight excluding hydrogens is 422 g/mol. The number of allylic oxidation sites excluding steroid dienone is 3. The van der Waals surface area contributed by atoms with Crippen molar-refractivity contribution in [3.05, 3.63) is 73.0 Å². The first kappa shape index (κ1) is 22.1. The molecule has 176 valence electrons. The zero-order valence-electron chi connectivity index (χ0n) is 20.0. The molecule has 0 saturated carbocycles. The fourth-order valence-electron chi connectivity index (χ4n) is 5.25. The molecule has 0 spiro atoms. The van der Waals surface area contributed by atoms with Gasteiger partial charge in [-0.05, 0) is 63.7 Å². The van der Waals surface area contributed by atoms with Gasteiger partial charge in [-0.2, -0.15) is 0 Å². The Kier molecular flexibility index (Phi) is 5.77. The lowest BCUT2D eigenvalue weighted by molar-refractivity contribution is 0.346. The van der Waals surface area contributed by atoms with E-state index in [4.69, 9.17) is 9.98 Å². The van der Waals surface area contributed by atoms with E-state index in [1.807, 2.05) is 36.4 Å². The molecule has 1 aliphatic heterocycles. The highest BCUT2D eigenvalue weighted by Crippen LogP contribution is 2.48. The Morgan fingerprint density at radius 1 is 1.24 bits per heavy atom. The smallest absolute Gasteiger partial charge is 0.245 e. The largest absolute Gasteiger partial charge is 0.392 e. The van der Waals surface area contributed by atoms with E-state index >= 15 is 0 Å². The van der Waals surface area contributed by atoms with Crippen LogP contribution in [0, 0.1) is 5.92 Å². The van der Waals surface area contributed by atoms with Gasteiger partial charge in [-0.1, -0.05) is 18.7 Å². The van der Waals surface area contributed by atoms with Gasteiger partial charge in [0.15, 0.2) is 5.82 Å². The lowest BCUT2D eigenvalue weighted by atomic mass is 9.67. The Bertz CT molecular complexity index is 1330. The number of hydrogen-bond donors (Lipinski definition) is 2. The second-order valence-electron chi connectivity index (χ2n) is 9.18. The molecule has 2 N–H and O–H groups in total. The first-order valence-corrected chi connectivity index (χ1v) is 11.9. The van der Waals surface area contributed by atoms with Crippen LogP contribution in [0.4, 0.5) is 11.8 Å². The molecule has 0 fully saturated rings. The predicted octanol–water partition coefficient (Wildman–Crippen LogP) is 5.81. The summed E-state index contributed by atoms with van der Waals surface area (Å²) >= 11 is 0. The van der Waals surface area contributed by atoms with Gasteiger partial charge in [0, 0.05) is 54.9 Å². The lowest BCUT2D eigenvalue weighted by Gasteiger charge is -2.35. The predicted molar refractivity (Wildman–Crippen MR) is 141 cm³/mol. The van der Waals surface area contributed by atoms with Gasteiger partial charge in [0.1, 0.15) is 0 Å². The molecule has 4 heterocycles. The van der Waals surface area contributed by atoms with Crippen LogP contribution in [0.15, 0.2) is 72.4 Å². The summed E-state index contributed by atoms with van der Waals surface area (Å²) in [5.74, 6) is 1.92. The van der Waals surface area contributed by atoms with Crippen molar-refractivity contribution in [2.75, 3.05) is 12.4 Å². The van der Waals surface area contributed by atoms with E-state index in [2.05, 4.69) is 65.4 Å². The number of aliphatic imine (C=N–C) groups is 1. The van der Waals surface area contributed by atoms with Crippen LogP contribution in [0.5, 0.6) is 0 Å². The zero-order valence-corrected chi connectivity index (χ0v) is 20.0. The minimum Gasteiger partial charge on any atom is -0.392 e. The van der Waals surface area contributed by atoms with Crippen molar-refractivity contribution in [1.29, 1.82) is 0 Å². The number of hydrogen-bond acceptors (Lipinski definition) is 6. The summed E-state index contributed by atoms with van der Waals surface area (Å²) in [6.07, 6.45) is 18.5. The maximum atomic E-state index is 4.89. The van der Waals surface area contributed by atoms with Crippen LogP contribution in [-0.2, 0) is 5.41 Å². The molecule has 0 radical (unpaired) electrons. The Hall–Kier alpha value is -3.74. The van der Waals surface area contributed by atoms with Gasteiger partial charge in [0.2, 0.25) is 5.95 Å². The van der Waals surface area contributed by atoms with E-state index in [1.54, 1.807) is 6.08 Å². The normalized spacial score (nSPS) is 20.7. The number of fused-ring (bicyclic) bond motifs is 2. The van der Waals surface area contributed by atoms with E-state index in [9.17, 15) is 0 Å². The number of nitrogens with one attached hydrogen (secondary N) is 2. The van der Waals surface area contributed by atoms with Crippen molar-refractivity contribution >= 4 is 23.0 Å². The Labute approximate surface area is 201 Å². The van der Waals surface area contributed by atoms with E-state index < -0.39 is 0 Å². The third-order valence-electron chi connectivity index (χ3n) is 7.30. The van der Waals surface area contributed by atoms with Crippen molar-refractivity contribution in [3.8, 4) is 11.1 Å². The maximum Gasteiger partial charge on any atom is 0.245 e. The van der Waals surface area contributed by atoms with E-state index in [-0.39, 0.29) is 6.84 Å². The molecule has 1 atom stereocenters. The molecule has 1 aliphatic carbocycles. The number of rotatable bonds is 6. The Balaban J connectivity index is 0.00000289. The van der Waals surface area contributed by atoms with Gasteiger partial charge in [-0.25, -0.2) is 19.5 Å². The first-order valence-electron chi connectivity index (χ1n) is 11.9. The maximum absolute atomic E-state index is 4.89. The van der Waals surface area contributed by atoms with Crippen molar-refractivity contribution in [1.82, 2.24) is 24.9 Å². The molecule has 7 nitrogen and oxygen atoms in total.